The van der Waals surface area contributed by atoms with Crippen LogP contribution in [0.1, 0.15) is 17.2 Å². The van der Waals surface area contributed by atoms with Crippen molar-refractivity contribution in [2.45, 2.75) is 12.3 Å². The molecule has 1 aromatic heterocycles. The van der Waals surface area contributed by atoms with E-state index in [9.17, 15) is 0 Å². The van der Waals surface area contributed by atoms with Gasteiger partial charge in [-0.05, 0) is 17.9 Å². The van der Waals surface area contributed by atoms with Crippen LogP contribution in [0.4, 0.5) is 0 Å². The zero-order valence-electron chi connectivity index (χ0n) is 6.16. The van der Waals surface area contributed by atoms with Crippen LogP contribution in [0.25, 0.3) is 0 Å². The maximum atomic E-state index is 8.74. The van der Waals surface area contributed by atoms with E-state index in [0.29, 0.717) is 0 Å². The zero-order chi connectivity index (χ0) is 8.10. The van der Waals surface area contributed by atoms with Gasteiger partial charge >= 0.3 is 0 Å². The van der Waals surface area contributed by atoms with Crippen LogP contribution < -0.4 is 0 Å². The first-order valence-corrected chi connectivity index (χ1v) is 4.30. The molecule has 0 aliphatic carbocycles. The average molecular weight is 163 g/mol. The Morgan fingerprint density at radius 2 is 2.64 bits per heavy atom. The minimum Gasteiger partial charge on any atom is -0.198 e. The summed E-state index contributed by atoms with van der Waals surface area (Å²) in [7, 11) is 0. The average Bonchev–Trinajstić information content (AvgIpc) is 2.52. The van der Waals surface area contributed by atoms with Gasteiger partial charge in [0.25, 0.3) is 0 Å². The SMILES string of the molecule is C=CCC(C#N)c1cccs1. The molecule has 1 unspecified atom stereocenters. The van der Waals surface area contributed by atoms with Gasteiger partial charge in [0.2, 0.25) is 0 Å². The summed E-state index contributed by atoms with van der Waals surface area (Å²) in [6.45, 7) is 3.61. The topological polar surface area (TPSA) is 23.8 Å². The standard InChI is InChI=1S/C9H9NS/c1-2-4-8(7-10)9-5-3-6-11-9/h2-3,5-6,8H,1,4H2. The molecule has 0 aromatic carbocycles. The van der Waals surface area contributed by atoms with Crippen molar-refractivity contribution in [2.75, 3.05) is 0 Å². The van der Waals surface area contributed by atoms with E-state index < -0.39 is 0 Å². The second-order valence-corrected chi connectivity index (χ2v) is 3.20. The fourth-order valence-electron chi connectivity index (χ4n) is 0.889. The molecule has 0 amide bonds. The molecular formula is C9H9NS. The molecule has 0 radical (unpaired) electrons. The van der Waals surface area contributed by atoms with Crippen LogP contribution in [-0.2, 0) is 0 Å². The summed E-state index contributed by atoms with van der Waals surface area (Å²) in [6, 6.07) is 6.20. The second-order valence-electron chi connectivity index (χ2n) is 2.22. The second kappa shape index (κ2) is 3.95. The summed E-state index contributed by atoms with van der Waals surface area (Å²) in [5, 5.41) is 10.7. The van der Waals surface area contributed by atoms with Gasteiger partial charge < -0.3 is 0 Å². The van der Waals surface area contributed by atoms with Crippen molar-refractivity contribution in [1.82, 2.24) is 0 Å². The lowest BCUT2D eigenvalue weighted by Crippen LogP contribution is -1.88. The summed E-state index contributed by atoms with van der Waals surface area (Å²) >= 11 is 1.63. The number of allylic oxidation sites excluding steroid dienone is 1. The molecule has 0 bridgehead atoms. The summed E-state index contributed by atoms with van der Waals surface area (Å²) < 4.78 is 0. The summed E-state index contributed by atoms with van der Waals surface area (Å²) in [4.78, 5) is 1.13. The number of hydrogen-bond acceptors (Lipinski definition) is 2. The molecular weight excluding hydrogens is 154 g/mol. The highest BCUT2D eigenvalue weighted by atomic mass is 32.1. The molecule has 0 aliphatic rings. The van der Waals surface area contributed by atoms with Crippen molar-refractivity contribution in [1.29, 1.82) is 5.26 Å². The van der Waals surface area contributed by atoms with Crippen molar-refractivity contribution >= 4 is 11.3 Å². The van der Waals surface area contributed by atoms with E-state index in [4.69, 9.17) is 5.26 Å². The first kappa shape index (κ1) is 8.03. The van der Waals surface area contributed by atoms with Crippen LogP contribution in [0, 0.1) is 11.3 Å². The van der Waals surface area contributed by atoms with E-state index >= 15 is 0 Å². The van der Waals surface area contributed by atoms with Crippen LogP contribution in [-0.4, -0.2) is 0 Å². The molecule has 0 spiro atoms. The molecule has 0 fully saturated rings. The van der Waals surface area contributed by atoms with Gasteiger partial charge in [-0.3, -0.25) is 0 Å². The van der Waals surface area contributed by atoms with E-state index in [1.165, 1.54) is 0 Å². The number of nitrogens with zero attached hydrogens (tertiary/aromatic N) is 1. The first-order valence-electron chi connectivity index (χ1n) is 3.42. The molecule has 1 heterocycles. The number of rotatable bonds is 3. The Balaban J connectivity index is 2.73. The Kier molecular flexibility index (Phi) is 2.88. The van der Waals surface area contributed by atoms with E-state index in [0.717, 1.165) is 11.3 Å². The third-order valence-electron chi connectivity index (χ3n) is 1.44. The Bertz CT molecular complexity index is 256. The molecule has 1 aromatic rings. The predicted octanol–water partition coefficient (Wildman–Crippen LogP) is 2.93. The Labute approximate surface area is 70.6 Å². The first-order chi connectivity index (χ1) is 5.38. The highest BCUT2D eigenvalue weighted by Gasteiger charge is 2.07. The minimum atomic E-state index is 0.00694. The van der Waals surface area contributed by atoms with E-state index in [2.05, 4.69) is 12.6 Å². The highest BCUT2D eigenvalue weighted by molar-refractivity contribution is 7.10. The Morgan fingerprint density at radius 3 is 3.09 bits per heavy atom. The molecule has 1 atom stereocenters. The van der Waals surface area contributed by atoms with Gasteiger partial charge in [0.05, 0.1) is 12.0 Å². The lowest BCUT2D eigenvalue weighted by atomic mass is 10.1. The number of nitriles is 1. The highest BCUT2D eigenvalue weighted by Crippen LogP contribution is 2.23. The predicted molar refractivity (Wildman–Crippen MR) is 47.5 cm³/mol. The smallest absolute Gasteiger partial charge is 0.0840 e. The summed E-state index contributed by atoms with van der Waals surface area (Å²) in [5.74, 6) is 0.00694. The Hall–Kier alpha value is -1.07. The molecule has 0 saturated heterocycles. The quantitative estimate of drug-likeness (QED) is 0.628. The van der Waals surface area contributed by atoms with Gasteiger partial charge in [-0.25, -0.2) is 0 Å². The minimum absolute atomic E-state index is 0.00694. The van der Waals surface area contributed by atoms with Gasteiger partial charge in [0, 0.05) is 4.88 Å². The van der Waals surface area contributed by atoms with Crippen molar-refractivity contribution in [2.24, 2.45) is 0 Å². The summed E-state index contributed by atoms with van der Waals surface area (Å²) in [6.07, 6.45) is 2.53. The number of thiophene rings is 1. The fourth-order valence-corrected chi connectivity index (χ4v) is 1.67. The van der Waals surface area contributed by atoms with Crippen molar-refractivity contribution < 1.29 is 0 Å². The Morgan fingerprint density at radius 1 is 1.82 bits per heavy atom. The molecule has 11 heavy (non-hydrogen) atoms. The van der Waals surface area contributed by atoms with Gasteiger partial charge in [-0.1, -0.05) is 12.1 Å². The van der Waals surface area contributed by atoms with Crippen LogP contribution in [0.3, 0.4) is 0 Å². The van der Waals surface area contributed by atoms with Crippen molar-refractivity contribution in [3.05, 3.63) is 35.0 Å². The van der Waals surface area contributed by atoms with Gasteiger partial charge in [0.15, 0.2) is 0 Å². The maximum absolute atomic E-state index is 8.74. The third kappa shape index (κ3) is 1.92. The van der Waals surface area contributed by atoms with Crippen molar-refractivity contribution in [3.63, 3.8) is 0 Å². The molecule has 0 aliphatic heterocycles. The molecule has 0 N–H and O–H groups in total. The normalized spacial score (nSPS) is 11.9. The van der Waals surface area contributed by atoms with E-state index in [1.807, 2.05) is 17.5 Å². The summed E-state index contributed by atoms with van der Waals surface area (Å²) in [5.41, 5.74) is 0. The van der Waals surface area contributed by atoms with Crippen LogP contribution >= 0.6 is 11.3 Å². The van der Waals surface area contributed by atoms with Crippen LogP contribution in [0.15, 0.2) is 30.2 Å². The molecule has 1 rings (SSSR count). The van der Waals surface area contributed by atoms with Crippen LogP contribution in [0.5, 0.6) is 0 Å². The zero-order valence-corrected chi connectivity index (χ0v) is 6.97. The largest absolute Gasteiger partial charge is 0.198 e. The molecule has 2 heteroatoms. The van der Waals surface area contributed by atoms with Gasteiger partial charge in [0.1, 0.15) is 0 Å². The maximum Gasteiger partial charge on any atom is 0.0840 e. The molecule has 56 valence electrons. The van der Waals surface area contributed by atoms with Gasteiger partial charge in [-0.2, -0.15) is 5.26 Å². The van der Waals surface area contributed by atoms with Gasteiger partial charge in [-0.15, -0.1) is 17.9 Å². The molecule has 1 nitrogen and oxygen atoms in total. The van der Waals surface area contributed by atoms with E-state index in [1.54, 1.807) is 17.4 Å². The lowest BCUT2D eigenvalue weighted by molar-refractivity contribution is 0.900. The molecule has 0 saturated carbocycles. The van der Waals surface area contributed by atoms with Crippen molar-refractivity contribution in [3.8, 4) is 6.07 Å². The fraction of sp³-hybridized carbons (Fsp3) is 0.222. The van der Waals surface area contributed by atoms with E-state index in [-0.39, 0.29) is 5.92 Å². The lowest BCUT2D eigenvalue weighted by Gasteiger charge is -2.00. The van der Waals surface area contributed by atoms with Crippen LogP contribution in [0.2, 0.25) is 0 Å². The number of hydrogen-bond donors (Lipinski definition) is 0. The third-order valence-corrected chi connectivity index (χ3v) is 2.43. The monoisotopic (exact) mass is 163 g/mol.